The van der Waals surface area contributed by atoms with Gasteiger partial charge in [-0.25, -0.2) is 4.98 Å². The molecule has 1 unspecified atom stereocenters. The van der Waals surface area contributed by atoms with E-state index in [0.29, 0.717) is 0 Å². The van der Waals surface area contributed by atoms with Crippen molar-refractivity contribution in [1.29, 1.82) is 0 Å². The van der Waals surface area contributed by atoms with Crippen molar-refractivity contribution < 1.29 is 0 Å². The zero-order chi connectivity index (χ0) is 11.7. The van der Waals surface area contributed by atoms with Crippen LogP contribution in [0.2, 0.25) is 0 Å². The molecule has 0 radical (unpaired) electrons. The molecule has 2 aromatic heterocycles. The number of halogens is 1. The monoisotopic (exact) mass is 316 g/mol. The molecule has 0 amide bonds. The Morgan fingerprint density at radius 1 is 1.38 bits per heavy atom. The third-order valence-corrected chi connectivity index (χ3v) is 5.18. The Hall–Kier alpha value is -0.230. The molecule has 0 aliphatic rings. The fraction of sp³-hybridized carbons (Fsp3) is 0.364. The van der Waals surface area contributed by atoms with Gasteiger partial charge in [-0.2, -0.15) is 0 Å². The maximum Gasteiger partial charge on any atom is 0.0900 e. The number of thiophene rings is 1. The van der Waals surface area contributed by atoms with Crippen LogP contribution in [0.25, 0.3) is 0 Å². The van der Waals surface area contributed by atoms with Gasteiger partial charge in [0.1, 0.15) is 0 Å². The van der Waals surface area contributed by atoms with Gasteiger partial charge in [0.15, 0.2) is 0 Å². The zero-order valence-corrected chi connectivity index (χ0v) is 12.4. The lowest BCUT2D eigenvalue weighted by Crippen LogP contribution is -2.12. The molecule has 16 heavy (non-hydrogen) atoms. The van der Waals surface area contributed by atoms with E-state index in [2.05, 4.69) is 33.0 Å². The number of rotatable bonds is 3. The first-order valence-corrected chi connectivity index (χ1v) is 7.42. The van der Waals surface area contributed by atoms with Gasteiger partial charge in [-0.05, 0) is 41.9 Å². The van der Waals surface area contributed by atoms with E-state index in [4.69, 9.17) is 5.73 Å². The van der Waals surface area contributed by atoms with Gasteiger partial charge >= 0.3 is 0 Å². The standard InChI is InChI=1S/C11H13BrN2S2/c1-6-11(15-7(2)14-6)9(13)5-8-3-4-10(12)16-8/h3-4,9H,5,13H2,1-2H3. The number of nitrogens with zero attached hydrogens (tertiary/aromatic N) is 1. The Labute approximate surface area is 112 Å². The highest BCUT2D eigenvalue weighted by Crippen LogP contribution is 2.29. The Kier molecular flexibility index (Phi) is 3.79. The second-order valence-corrected chi connectivity index (χ2v) is 7.48. The summed E-state index contributed by atoms with van der Waals surface area (Å²) in [5.74, 6) is 0. The first kappa shape index (κ1) is 12.2. The van der Waals surface area contributed by atoms with Gasteiger partial charge in [-0.3, -0.25) is 0 Å². The van der Waals surface area contributed by atoms with Crippen LogP contribution in [0.1, 0.15) is 26.5 Å². The van der Waals surface area contributed by atoms with Crippen molar-refractivity contribution in [3.8, 4) is 0 Å². The van der Waals surface area contributed by atoms with Crippen molar-refractivity contribution in [3.05, 3.63) is 36.4 Å². The Bertz CT molecular complexity index is 490. The molecule has 0 aromatic carbocycles. The second kappa shape index (κ2) is 4.96. The van der Waals surface area contributed by atoms with Crippen LogP contribution in [-0.2, 0) is 6.42 Å². The molecule has 1 atom stereocenters. The molecule has 0 saturated heterocycles. The van der Waals surface area contributed by atoms with Gasteiger partial charge in [-0.15, -0.1) is 22.7 Å². The molecule has 2 N–H and O–H groups in total. The third kappa shape index (κ3) is 2.71. The van der Waals surface area contributed by atoms with Gasteiger partial charge in [0.2, 0.25) is 0 Å². The third-order valence-electron chi connectivity index (χ3n) is 2.33. The summed E-state index contributed by atoms with van der Waals surface area (Å²) in [6.07, 6.45) is 0.888. The van der Waals surface area contributed by atoms with Crippen molar-refractivity contribution in [2.24, 2.45) is 5.73 Å². The Morgan fingerprint density at radius 2 is 2.12 bits per heavy atom. The zero-order valence-electron chi connectivity index (χ0n) is 9.16. The van der Waals surface area contributed by atoms with Crippen LogP contribution in [0.15, 0.2) is 15.9 Å². The summed E-state index contributed by atoms with van der Waals surface area (Å²) in [7, 11) is 0. The Morgan fingerprint density at radius 3 is 2.62 bits per heavy atom. The van der Waals surface area contributed by atoms with Crippen LogP contribution in [0.5, 0.6) is 0 Å². The summed E-state index contributed by atoms with van der Waals surface area (Å²) in [5, 5.41) is 1.09. The minimum Gasteiger partial charge on any atom is -0.323 e. The summed E-state index contributed by atoms with van der Waals surface area (Å²) in [5.41, 5.74) is 7.29. The summed E-state index contributed by atoms with van der Waals surface area (Å²) < 4.78 is 1.16. The van der Waals surface area contributed by atoms with Crippen molar-refractivity contribution in [2.45, 2.75) is 26.3 Å². The molecule has 2 heterocycles. The van der Waals surface area contributed by atoms with Gasteiger partial charge in [0, 0.05) is 22.2 Å². The Balaban J connectivity index is 2.14. The van der Waals surface area contributed by atoms with Gasteiger partial charge in [0.25, 0.3) is 0 Å². The predicted molar refractivity (Wildman–Crippen MR) is 74.2 cm³/mol. The molecule has 5 heteroatoms. The molecule has 2 aromatic rings. The highest BCUT2D eigenvalue weighted by Gasteiger charge is 2.14. The topological polar surface area (TPSA) is 38.9 Å². The molecule has 2 rings (SSSR count). The minimum absolute atomic E-state index is 0.0664. The highest BCUT2D eigenvalue weighted by molar-refractivity contribution is 9.11. The first-order valence-electron chi connectivity index (χ1n) is 5.00. The summed E-state index contributed by atoms with van der Waals surface area (Å²) in [4.78, 5) is 6.93. The van der Waals surface area contributed by atoms with E-state index in [1.165, 1.54) is 9.75 Å². The summed E-state index contributed by atoms with van der Waals surface area (Å²) >= 11 is 6.91. The van der Waals surface area contributed by atoms with E-state index in [9.17, 15) is 0 Å². The molecular weight excluding hydrogens is 304 g/mol. The number of nitrogens with two attached hydrogens (primary N) is 1. The van der Waals surface area contributed by atoms with Gasteiger partial charge < -0.3 is 5.73 Å². The van der Waals surface area contributed by atoms with Crippen LogP contribution in [0.4, 0.5) is 0 Å². The van der Waals surface area contributed by atoms with Gasteiger partial charge in [0.05, 0.1) is 14.5 Å². The van der Waals surface area contributed by atoms with E-state index < -0.39 is 0 Å². The van der Waals surface area contributed by atoms with Crippen LogP contribution in [-0.4, -0.2) is 4.98 Å². The smallest absolute Gasteiger partial charge is 0.0900 e. The lowest BCUT2D eigenvalue weighted by molar-refractivity contribution is 0.737. The minimum atomic E-state index is 0.0664. The van der Waals surface area contributed by atoms with E-state index in [0.717, 1.165) is 20.9 Å². The average molecular weight is 317 g/mol. The molecule has 0 aliphatic heterocycles. The van der Waals surface area contributed by atoms with Gasteiger partial charge in [-0.1, -0.05) is 0 Å². The van der Waals surface area contributed by atoms with E-state index in [-0.39, 0.29) is 6.04 Å². The summed E-state index contributed by atoms with van der Waals surface area (Å²) in [6.45, 7) is 4.05. The second-order valence-electron chi connectivity index (χ2n) is 3.70. The highest BCUT2D eigenvalue weighted by atomic mass is 79.9. The maximum atomic E-state index is 6.21. The molecule has 2 nitrogen and oxygen atoms in total. The number of aromatic nitrogens is 1. The molecular formula is C11H13BrN2S2. The molecule has 0 saturated carbocycles. The summed E-state index contributed by atoms with van der Waals surface area (Å²) in [6, 6.07) is 4.26. The molecule has 0 aliphatic carbocycles. The van der Waals surface area contributed by atoms with E-state index in [1.54, 1.807) is 22.7 Å². The number of hydrogen-bond acceptors (Lipinski definition) is 4. The lowest BCUT2D eigenvalue weighted by atomic mass is 10.1. The van der Waals surface area contributed by atoms with E-state index in [1.807, 2.05) is 13.8 Å². The molecule has 0 bridgehead atoms. The normalized spacial score (nSPS) is 13.0. The predicted octanol–water partition coefficient (Wildman–Crippen LogP) is 3.83. The average Bonchev–Trinajstić information content (AvgIpc) is 2.73. The molecule has 0 spiro atoms. The largest absolute Gasteiger partial charge is 0.323 e. The van der Waals surface area contributed by atoms with Crippen molar-refractivity contribution in [1.82, 2.24) is 4.98 Å². The fourth-order valence-corrected chi connectivity index (χ4v) is 4.13. The first-order chi connectivity index (χ1) is 7.56. The number of thiazole rings is 1. The van der Waals surface area contributed by atoms with Crippen molar-refractivity contribution >= 4 is 38.6 Å². The van der Waals surface area contributed by atoms with Crippen molar-refractivity contribution in [2.75, 3.05) is 0 Å². The molecule has 86 valence electrons. The van der Waals surface area contributed by atoms with Crippen LogP contribution < -0.4 is 5.73 Å². The number of hydrogen-bond donors (Lipinski definition) is 1. The van der Waals surface area contributed by atoms with Crippen LogP contribution in [0.3, 0.4) is 0 Å². The number of aryl methyl sites for hydroxylation is 2. The lowest BCUT2D eigenvalue weighted by Gasteiger charge is -2.08. The maximum absolute atomic E-state index is 6.21. The SMILES string of the molecule is Cc1nc(C)c(C(N)Cc2ccc(Br)s2)s1. The van der Waals surface area contributed by atoms with Crippen molar-refractivity contribution in [3.63, 3.8) is 0 Å². The quantitative estimate of drug-likeness (QED) is 0.934. The van der Waals surface area contributed by atoms with E-state index >= 15 is 0 Å². The van der Waals surface area contributed by atoms with Crippen LogP contribution >= 0.6 is 38.6 Å². The van der Waals surface area contributed by atoms with Crippen LogP contribution in [0, 0.1) is 13.8 Å². The molecule has 0 fully saturated rings. The fourth-order valence-electron chi connectivity index (χ4n) is 1.66.